The van der Waals surface area contributed by atoms with Crippen molar-refractivity contribution < 1.29 is 4.74 Å². The molecule has 0 radical (unpaired) electrons. The van der Waals surface area contributed by atoms with Gasteiger partial charge in [-0.3, -0.25) is 0 Å². The summed E-state index contributed by atoms with van der Waals surface area (Å²) in [6.07, 6.45) is 6.13. The van der Waals surface area contributed by atoms with Crippen molar-refractivity contribution in [1.82, 2.24) is 0 Å². The normalized spacial score (nSPS) is 30.5. The van der Waals surface area contributed by atoms with Gasteiger partial charge in [0.2, 0.25) is 0 Å². The van der Waals surface area contributed by atoms with Crippen LogP contribution in [0.3, 0.4) is 0 Å². The van der Waals surface area contributed by atoms with Crippen molar-refractivity contribution in [3.8, 4) is 5.75 Å². The number of benzene rings is 1. The lowest BCUT2D eigenvalue weighted by molar-refractivity contribution is 0.270. The Hall–Kier alpha value is -1.24. The van der Waals surface area contributed by atoms with E-state index in [1.165, 1.54) is 24.0 Å². The maximum Gasteiger partial charge on any atom is 0.122 e. The van der Waals surface area contributed by atoms with Gasteiger partial charge >= 0.3 is 0 Å². The first-order valence-corrected chi connectivity index (χ1v) is 6.53. The van der Waals surface area contributed by atoms with Gasteiger partial charge in [-0.2, -0.15) is 0 Å². The van der Waals surface area contributed by atoms with Crippen LogP contribution < -0.4 is 4.74 Å². The number of rotatable bonds is 1. The van der Waals surface area contributed by atoms with Gasteiger partial charge in [0.25, 0.3) is 0 Å². The lowest BCUT2D eigenvalue weighted by Crippen LogP contribution is -2.27. The first kappa shape index (κ1) is 10.9. The second-order valence-electron chi connectivity index (χ2n) is 5.68. The average molecular weight is 228 g/mol. The molecule has 17 heavy (non-hydrogen) atoms. The Morgan fingerprint density at radius 3 is 2.94 bits per heavy atom. The molecule has 0 heterocycles. The molecule has 3 rings (SSSR count). The van der Waals surface area contributed by atoms with Crippen LogP contribution in [0.1, 0.15) is 37.8 Å². The molecule has 1 aromatic rings. The van der Waals surface area contributed by atoms with E-state index in [0.717, 1.165) is 18.1 Å². The van der Waals surface area contributed by atoms with Gasteiger partial charge in [-0.15, -0.1) is 0 Å². The largest absolute Gasteiger partial charge is 0.496 e. The Morgan fingerprint density at radius 1 is 1.35 bits per heavy atom. The van der Waals surface area contributed by atoms with Crippen molar-refractivity contribution in [3.63, 3.8) is 0 Å². The van der Waals surface area contributed by atoms with Crippen LogP contribution in [0.5, 0.6) is 5.75 Å². The lowest BCUT2D eigenvalue weighted by atomic mass is 9.67. The van der Waals surface area contributed by atoms with E-state index < -0.39 is 0 Å². The summed E-state index contributed by atoms with van der Waals surface area (Å²) in [6.45, 7) is 4.81. The molecule has 0 spiro atoms. The van der Waals surface area contributed by atoms with Crippen LogP contribution in [0, 0.1) is 11.3 Å². The fourth-order valence-corrected chi connectivity index (χ4v) is 3.54. The Kier molecular flexibility index (Phi) is 2.32. The van der Waals surface area contributed by atoms with Crippen LogP contribution in [-0.4, -0.2) is 7.11 Å². The molecule has 0 amide bonds. The summed E-state index contributed by atoms with van der Waals surface area (Å²) >= 11 is 0. The zero-order valence-corrected chi connectivity index (χ0v) is 10.9. The second kappa shape index (κ2) is 3.63. The summed E-state index contributed by atoms with van der Waals surface area (Å²) in [7, 11) is 1.78. The number of hydrogen-bond donors (Lipinski definition) is 0. The Bertz CT molecular complexity index is 486. The Morgan fingerprint density at radius 2 is 2.18 bits per heavy atom. The van der Waals surface area contributed by atoms with E-state index in [-0.39, 0.29) is 0 Å². The molecule has 0 unspecified atom stereocenters. The maximum atomic E-state index is 5.52. The minimum absolute atomic E-state index is 0.329. The quantitative estimate of drug-likeness (QED) is 0.704. The highest BCUT2D eigenvalue weighted by Gasteiger charge is 2.44. The van der Waals surface area contributed by atoms with E-state index in [4.69, 9.17) is 4.74 Å². The van der Waals surface area contributed by atoms with E-state index in [1.54, 1.807) is 12.7 Å². The molecule has 90 valence electrons. The Labute approximate surface area is 103 Å². The van der Waals surface area contributed by atoms with Crippen molar-refractivity contribution in [1.29, 1.82) is 0 Å². The van der Waals surface area contributed by atoms with Gasteiger partial charge in [0.15, 0.2) is 0 Å². The molecule has 1 heteroatoms. The monoisotopic (exact) mass is 228 g/mol. The number of allylic oxidation sites excluding steroid dienone is 2. The summed E-state index contributed by atoms with van der Waals surface area (Å²) in [5.41, 5.74) is 4.73. The first-order valence-electron chi connectivity index (χ1n) is 6.53. The van der Waals surface area contributed by atoms with Crippen LogP contribution in [0.4, 0.5) is 0 Å². The highest BCUT2D eigenvalue weighted by molar-refractivity contribution is 5.79. The molecular formula is C16H20O. The summed E-state index contributed by atoms with van der Waals surface area (Å²) in [6, 6.07) is 6.46. The van der Waals surface area contributed by atoms with Crippen LogP contribution in [0.15, 0.2) is 24.3 Å². The summed E-state index contributed by atoms with van der Waals surface area (Å²) in [4.78, 5) is 0. The second-order valence-corrected chi connectivity index (χ2v) is 5.68. The molecule has 0 fully saturated rings. The summed E-state index contributed by atoms with van der Waals surface area (Å²) < 4.78 is 5.52. The number of hydrogen-bond acceptors (Lipinski definition) is 1. The van der Waals surface area contributed by atoms with Gasteiger partial charge in [-0.05, 0) is 47.8 Å². The third-order valence-corrected chi connectivity index (χ3v) is 4.84. The van der Waals surface area contributed by atoms with Crippen molar-refractivity contribution in [3.05, 3.63) is 35.4 Å². The van der Waals surface area contributed by atoms with Gasteiger partial charge in [0.05, 0.1) is 7.11 Å². The fourth-order valence-electron chi connectivity index (χ4n) is 3.54. The number of ether oxygens (including phenoxy) is 1. The first-order chi connectivity index (χ1) is 8.16. The molecule has 1 aromatic carbocycles. The van der Waals surface area contributed by atoms with Gasteiger partial charge in [-0.25, -0.2) is 0 Å². The van der Waals surface area contributed by atoms with Crippen LogP contribution in [-0.2, 0) is 6.42 Å². The van der Waals surface area contributed by atoms with Crippen molar-refractivity contribution in [2.24, 2.45) is 11.3 Å². The molecule has 0 aromatic heterocycles. The SMILES string of the molecule is COc1cccc2c1C[C@@]1(C)C2=CCC[C@@H]1C. The molecular weight excluding hydrogens is 208 g/mol. The van der Waals surface area contributed by atoms with E-state index in [0.29, 0.717) is 5.41 Å². The van der Waals surface area contributed by atoms with Crippen LogP contribution >= 0.6 is 0 Å². The zero-order valence-electron chi connectivity index (χ0n) is 10.9. The van der Waals surface area contributed by atoms with Crippen molar-refractivity contribution >= 4 is 5.57 Å². The molecule has 0 bridgehead atoms. The number of fused-ring (bicyclic) bond motifs is 3. The summed E-state index contributed by atoms with van der Waals surface area (Å²) in [5, 5.41) is 0. The Balaban J connectivity index is 2.18. The molecule has 0 saturated carbocycles. The summed E-state index contributed by atoms with van der Waals surface area (Å²) in [5.74, 6) is 1.82. The van der Waals surface area contributed by atoms with Gasteiger partial charge in [-0.1, -0.05) is 32.1 Å². The number of methoxy groups -OCH3 is 1. The molecule has 0 N–H and O–H groups in total. The van der Waals surface area contributed by atoms with E-state index in [2.05, 4.69) is 38.1 Å². The van der Waals surface area contributed by atoms with E-state index in [9.17, 15) is 0 Å². The highest BCUT2D eigenvalue weighted by Crippen LogP contribution is 2.56. The van der Waals surface area contributed by atoms with Crippen molar-refractivity contribution in [2.45, 2.75) is 33.1 Å². The minimum Gasteiger partial charge on any atom is -0.496 e. The van der Waals surface area contributed by atoms with E-state index >= 15 is 0 Å². The van der Waals surface area contributed by atoms with Crippen LogP contribution in [0.2, 0.25) is 0 Å². The lowest BCUT2D eigenvalue weighted by Gasteiger charge is -2.36. The van der Waals surface area contributed by atoms with Gasteiger partial charge in [0.1, 0.15) is 5.75 Å². The van der Waals surface area contributed by atoms with Crippen molar-refractivity contribution in [2.75, 3.05) is 7.11 Å². The van der Waals surface area contributed by atoms with Gasteiger partial charge in [0, 0.05) is 5.56 Å². The molecule has 0 aliphatic heterocycles. The fraction of sp³-hybridized carbons (Fsp3) is 0.500. The highest BCUT2D eigenvalue weighted by atomic mass is 16.5. The third-order valence-electron chi connectivity index (χ3n) is 4.84. The predicted octanol–water partition coefficient (Wildman–Crippen LogP) is 4.07. The third kappa shape index (κ3) is 1.38. The van der Waals surface area contributed by atoms with E-state index in [1.807, 2.05) is 0 Å². The standard InChI is InChI=1S/C16H20O/c1-11-6-4-8-14-12-7-5-9-15(17-3)13(12)10-16(11,14)2/h5,7-9,11H,4,6,10H2,1-3H3/t11-,16+/m0/s1. The molecule has 1 nitrogen and oxygen atoms in total. The molecule has 2 aliphatic rings. The average Bonchev–Trinajstić information content (AvgIpc) is 2.64. The zero-order chi connectivity index (χ0) is 12.0. The maximum absolute atomic E-state index is 5.52. The molecule has 0 saturated heterocycles. The molecule has 2 atom stereocenters. The van der Waals surface area contributed by atoms with Crippen LogP contribution in [0.25, 0.3) is 5.57 Å². The molecule has 2 aliphatic carbocycles. The van der Waals surface area contributed by atoms with Gasteiger partial charge < -0.3 is 4.74 Å². The predicted molar refractivity (Wildman–Crippen MR) is 71.2 cm³/mol. The topological polar surface area (TPSA) is 9.23 Å². The smallest absolute Gasteiger partial charge is 0.122 e. The minimum atomic E-state index is 0.329.